The summed E-state index contributed by atoms with van der Waals surface area (Å²) in [4.78, 5) is 38.0. The van der Waals surface area contributed by atoms with Gasteiger partial charge in [-0.3, -0.25) is 14.9 Å². The number of amides is 4. The van der Waals surface area contributed by atoms with Gasteiger partial charge in [0.05, 0.1) is 37.4 Å². The van der Waals surface area contributed by atoms with Crippen molar-refractivity contribution < 1.29 is 42.9 Å². The monoisotopic (exact) mass is 621 g/mol. The SMILES string of the molecule is NC(=O)c1c(OCc2c(F)cc(Br)cc2F)nsc1NC(=O)NC[C@@H](O)C[C@@H](O)CC(=O)N1CCOCC1. The molecule has 0 unspecified atom stereocenters. The van der Waals surface area contributed by atoms with Crippen molar-refractivity contribution in [2.75, 3.05) is 38.2 Å². The lowest BCUT2D eigenvalue weighted by Crippen LogP contribution is -2.42. The maximum absolute atomic E-state index is 14.0. The lowest BCUT2D eigenvalue weighted by atomic mass is 10.1. The Morgan fingerprint density at radius 1 is 1.21 bits per heavy atom. The van der Waals surface area contributed by atoms with Gasteiger partial charge in [-0.05, 0) is 23.7 Å². The molecule has 2 aromatic rings. The smallest absolute Gasteiger partial charge is 0.320 e. The first-order valence-electron chi connectivity index (χ1n) is 11.4. The van der Waals surface area contributed by atoms with Crippen LogP contribution in [-0.4, -0.2) is 82.4 Å². The lowest BCUT2D eigenvalue weighted by molar-refractivity contribution is -0.137. The summed E-state index contributed by atoms with van der Waals surface area (Å²) < 4.78 is 42.6. The highest BCUT2D eigenvalue weighted by molar-refractivity contribution is 9.10. The van der Waals surface area contributed by atoms with Crippen molar-refractivity contribution in [3.63, 3.8) is 0 Å². The molecule has 1 fully saturated rings. The van der Waals surface area contributed by atoms with E-state index in [4.69, 9.17) is 15.2 Å². The first kappa shape index (κ1) is 29.6. The van der Waals surface area contributed by atoms with Crippen LogP contribution in [0.2, 0.25) is 0 Å². The van der Waals surface area contributed by atoms with Crippen LogP contribution in [0.4, 0.5) is 18.6 Å². The minimum atomic E-state index is -1.17. The van der Waals surface area contributed by atoms with Gasteiger partial charge >= 0.3 is 6.03 Å². The summed E-state index contributed by atoms with van der Waals surface area (Å²) in [6.45, 7) is 0.859. The third-order valence-corrected chi connectivity index (χ3v) is 6.61. The number of nitrogens with zero attached hydrogens (tertiary/aromatic N) is 2. The molecule has 1 aromatic carbocycles. The van der Waals surface area contributed by atoms with Crippen molar-refractivity contribution in [1.29, 1.82) is 0 Å². The van der Waals surface area contributed by atoms with E-state index in [1.807, 2.05) is 0 Å². The number of benzene rings is 1. The molecular formula is C22H26BrF2N5O7S. The molecule has 0 spiro atoms. The van der Waals surface area contributed by atoms with Gasteiger partial charge in [0, 0.05) is 30.5 Å². The zero-order valence-electron chi connectivity index (χ0n) is 19.9. The Morgan fingerprint density at radius 2 is 1.87 bits per heavy atom. The zero-order valence-corrected chi connectivity index (χ0v) is 22.3. The zero-order chi connectivity index (χ0) is 27.8. The second-order valence-electron chi connectivity index (χ2n) is 8.27. The number of morpholine rings is 1. The second kappa shape index (κ2) is 13.7. The normalized spacial score (nSPS) is 15.0. The lowest BCUT2D eigenvalue weighted by Gasteiger charge is -2.28. The van der Waals surface area contributed by atoms with Crippen molar-refractivity contribution in [3.05, 3.63) is 39.4 Å². The van der Waals surface area contributed by atoms with E-state index in [9.17, 15) is 33.4 Å². The van der Waals surface area contributed by atoms with Crippen LogP contribution in [0.3, 0.4) is 0 Å². The van der Waals surface area contributed by atoms with Gasteiger partial charge in [0.2, 0.25) is 11.8 Å². The predicted octanol–water partition coefficient (Wildman–Crippen LogP) is 1.34. The van der Waals surface area contributed by atoms with Crippen LogP contribution in [0.5, 0.6) is 5.88 Å². The standard InChI is InChI=1S/C22H26BrF2N5O7S/c23-11-5-15(24)14(16(25)6-11)10-37-20-18(19(26)34)21(38-29-20)28-22(35)27-9-13(32)7-12(31)8-17(33)30-1-3-36-4-2-30/h5-6,12-13,31-32H,1-4,7-10H2,(H2,26,34)(H2,27,28,35)/t12-,13+/m1/s1. The molecule has 16 heteroatoms. The maximum Gasteiger partial charge on any atom is 0.320 e. The summed E-state index contributed by atoms with van der Waals surface area (Å²) in [5.74, 6) is -3.34. The number of nitrogens with two attached hydrogens (primary N) is 1. The van der Waals surface area contributed by atoms with E-state index < -0.39 is 48.0 Å². The van der Waals surface area contributed by atoms with Crippen LogP contribution in [0.1, 0.15) is 28.8 Å². The summed E-state index contributed by atoms with van der Waals surface area (Å²) in [7, 11) is 0. The van der Waals surface area contributed by atoms with Gasteiger partial charge in [0.25, 0.3) is 5.91 Å². The number of hydrogen-bond donors (Lipinski definition) is 5. The summed E-state index contributed by atoms with van der Waals surface area (Å²) >= 11 is 3.62. The number of aliphatic hydroxyl groups is 2. The summed E-state index contributed by atoms with van der Waals surface area (Å²) in [5, 5.41) is 24.9. The van der Waals surface area contributed by atoms with E-state index in [0.29, 0.717) is 37.8 Å². The third-order valence-electron chi connectivity index (χ3n) is 5.41. The highest BCUT2D eigenvalue weighted by Crippen LogP contribution is 2.31. The van der Waals surface area contributed by atoms with Crippen molar-refractivity contribution in [2.24, 2.45) is 5.73 Å². The van der Waals surface area contributed by atoms with Crippen LogP contribution >= 0.6 is 27.5 Å². The quantitative estimate of drug-likeness (QED) is 0.250. The van der Waals surface area contributed by atoms with Crippen molar-refractivity contribution in [2.45, 2.75) is 31.7 Å². The van der Waals surface area contributed by atoms with Gasteiger partial charge in [-0.15, -0.1) is 0 Å². The fourth-order valence-electron chi connectivity index (χ4n) is 3.51. The molecule has 12 nitrogen and oxygen atoms in total. The van der Waals surface area contributed by atoms with Crippen LogP contribution in [-0.2, 0) is 16.1 Å². The number of ether oxygens (including phenoxy) is 2. The van der Waals surface area contributed by atoms with E-state index in [0.717, 1.165) is 12.1 Å². The number of aliphatic hydroxyl groups excluding tert-OH is 2. The maximum atomic E-state index is 14.0. The molecule has 1 aromatic heterocycles. The Morgan fingerprint density at radius 3 is 2.50 bits per heavy atom. The summed E-state index contributed by atoms with van der Waals surface area (Å²) in [6, 6.07) is 1.26. The molecule has 208 valence electrons. The predicted molar refractivity (Wildman–Crippen MR) is 135 cm³/mol. The fourth-order valence-corrected chi connectivity index (χ4v) is 4.65. The second-order valence-corrected chi connectivity index (χ2v) is 9.96. The van der Waals surface area contributed by atoms with E-state index in [1.54, 1.807) is 4.90 Å². The van der Waals surface area contributed by atoms with Crippen molar-refractivity contribution in [1.82, 2.24) is 14.6 Å². The Balaban J connectivity index is 1.50. The highest BCUT2D eigenvalue weighted by atomic mass is 79.9. The van der Waals surface area contributed by atoms with Crippen LogP contribution in [0.15, 0.2) is 16.6 Å². The highest BCUT2D eigenvalue weighted by Gasteiger charge is 2.24. The number of primary amides is 1. The number of aromatic nitrogens is 1. The molecule has 1 saturated heterocycles. The number of urea groups is 1. The fraction of sp³-hybridized carbons (Fsp3) is 0.455. The number of carbonyl (C=O) groups is 3. The summed E-state index contributed by atoms with van der Waals surface area (Å²) in [6.07, 6.45) is -2.62. The molecule has 1 aliphatic rings. The van der Waals surface area contributed by atoms with Gasteiger partial charge in [0.15, 0.2) is 0 Å². The van der Waals surface area contributed by atoms with Crippen molar-refractivity contribution in [3.8, 4) is 5.88 Å². The van der Waals surface area contributed by atoms with Crippen molar-refractivity contribution >= 4 is 50.3 Å². The number of hydrogen-bond acceptors (Lipinski definition) is 9. The number of rotatable bonds is 11. The summed E-state index contributed by atoms with van der Waals surface area (Å²) in [5.41, 5.74) is 4.67. The molecule has 3 rings (SSSR count). The topological polar surface area (TPSA) is 176 Å². The minimum absolute atomic E-state index is 0.0904. The van der Waals surface area contributed by atoms with Gasteiger partial charge in [0.1, 0.15) is 28.8 Å². The molecule has 0 radical (unpaired) electrons. The molecule has 2 atom stereocenters. The Bertz CT molecular complexity index is 1140. The first-order valence-corrected chi connectivity index (χ1v) is 12.9. The number of nitrogens with one attached hydrogen (secondary N) is 2. The Kier molecular flexibility index (Phi) is 10.7. The van der Waals surface area contributed by atoms with Gasteiger partial charge in [-0.25, -0.2) is 13.6 Å². The molecule has 38 heavy (non-hydrogen) atoms. The van der Waals surface area contributed by atoms with E-state index in [-0.39, 0.29) is 46.2 Å². The third kappa shape index (κ3) is 8.29. The molecule has 6 N–H and O–H groups in total. The Labute approximate surface area is 228 Å². The molecule has 4 amide bonds. The molecule has 1 aliphatic heterocycles. The van der Waals surface area contributed by atoms with E-state index in [1.165, 1.54) is 0 Å². The average Bonchev–Trinajstić information content (AvgIpc) is 3.25. The molecular weight excluding hydrogens is 596 g/mol. The average molecular weight is 622 g/mol. The van der Waals surface area contributed by atoms with Crippen LogP contribution in [0.25, 0.3) is 0 Å². The number of carbonyl (C=O) groups excluding carboxylic acids is 3. The number of halogens is 3. The van der Waals surface area contributed by atoms with Gasteiger partial charge in [-0.1, -0.05) is 15.9 Å². The molecule has 2 heterocycles. The number of anilines is 1. The largest absolute Gasteiger partial charge is 0.471 e. The van der Waals surface area contributed by atoms with Crippen LogP contribution < -0.4 is 21.1 Å². The molecule has 0 saturated carbocycles. The van der Waals surface area contributed by atoms with Gasteiger partial charge in [-0.2, -0.15) is 4.37 Å². The first-order chi connectivity index (χ1) is 18.0. The van der Waals surface area contributed by atoms with Gasteiger partial charge < -0.3 is 35.6 Å². The van der Waals surface area contributed by atoms with E-state index in [2.05, 4.69) is 30.9 Å². The van der Waals surface area contributed by atoms with E-state index >= 15 is 0 Å². The molecule has 0 aliphatic carbocycles. The minimum Gasteiger partial charge on any atom is -0.471 e. The molecule has 0 bridgehead atoms. The Hall–Kier alpha value is -2.92. The van der Waals surface area contributed by atoms with Crippen LogP contribution in [0, 0.1) is 11.6 Å².